The van der Waals surface area contributed by atoms with Gasteiger partial charge in [-0.2, -0.15) is 8.78 Å². The van der Waals surface area contributed by atoms with Crippen LogP contribution in [0.2, 0.25) is 0 Å². The number of halogens is 5. The minimum atomic E-state index is -3.81. The molecule has 0 heterocycles. The molecule has 0 bridgehead atoms. The van der Waals surface area contributed by atoms with Crippen molar-refractivity contribution in [3.05, 3.63) is 77.1 Å². The first-order valence-corrected chi connectivity index (χ1v) is 10.3. The van der Waals surface area contributed by atoms with Crippen molar-refractivity contribution in [2.24, 2.45) is 5.92 Å². The summed E-state index contributed by atoms with van der Waals surface area (Å²) in [5, 5.41) is 0. The van der Waals surface area contributed by atoms with Crippen LogP contribution in [0.5, 0.6) is 5.75 Å². The lowest BCUT2D eigenvalue weighted by atomic mass is 9.77. The van der Waals surface area contributed by atoms with Gasteiger partial charge in [-0.3, -0.25) is 0 Å². The fraction of sp³-hybridized carbons (Fsp3) is 0.417. The maximum atomic E-state index is 14.4. The largest absolute Gasteiger partial charge is 0.429 e. The summed E-state index contributed by atoms with van der Waals surface area (Å²) in [4.78, 5) is 0. The van der Waals surface area contributed by atoms with Crippen LogP contribution < -0.4 is 4.74 Å². The topological polar surface area (TPSA) is 9.23 Å². The third kappa shape index (κ3) is 5.41. The zero-order valence-corrected chi connectivity index (χ0v) is 16.8. The predicted octanol–water partition coefficient (Wildman–Crippen LogP) is 7.86. The monoisotopic (exact) mass is 424 g/mol. The van der Waals surface area contributed by atoms with Gasteiger partial charge < -0.3 is 4.74 Å². The Bertz CT molecular complexity index is 845. The van der Waals surface area contributed by atoms with Gasteiger partial charge >= 0.3 is 6.11 Å². The van der Waals surface area contributed by atoms with E-state index in [-0.39, 0.29) is 0 Å². The number of alkyl halides is 2. The molecular formula is C24H25F5O. The Balaban J connectivity index is 1.63. The normalized spacial score (nSPS) is 19.9. The van der Waals surface area contributed by atoms with E-state index < -0.39 is 34.9 Å². The predicted molar refractivity (Wildman–Crippen MR) is 106 cm³/mol. The minimum absolute atomic E-state index is 0.334. The second-order valence-electron chi connectivity index (χ2n) is 7.77. The lowest BCUT2D eigenvalue weighted by Crippen LogP contribution is -2.22. The molecule has 0 amide bonds. The molecule has 162 valence electrons. The van der Waals surface area contributed by atoms with E-state index in [1.165, 1.54) is 12.1 Å². The molecule has 0 N–H and O–H groups in total. The number of ether oxygens (including phenoxy) is 1. The molecule has 1 fully saturated rings. The molecule has 0 aromatic heterocycles. The zero-order chi connectivity index (χ0) is 21.7. The van der Waals surface area contributed by atoms with Crippen LogP contribution in [-0.2, 0) is 6.11 Å². The van der Waals surface area contributed by atoms with Crippen molar-refractivity contribution in [2.45, 2.75) is 57.5 Å². The van der Waals surface area contributed by atoms with Crippen molar-refractivity contribution in [1.82, 2.24) is 0 Å². The maximum absolute atomic E-state index is 14.4. The first-order valence-electron chi connectivity index (χ1n) is 10.3. The van der Waals surface area contributed by atoms with Crippen LogP contribution in [0.15, 0.2) is 48.6 Å². The molecule has 30 heavy (non-hydrogen) atoms. The van der Waals surface area contributed by atoms with Gasteiger partial charge in [0.05, 0.1) is 5.56 Å². The summed E-state index contributed by atoms with van der Waals surface area (Å²) < 4.78 is 72.8. The molecule has 1 saturated carbocycles. The van der Waals surface area contributed by atoms with Crippen molar-refractivity contribution in [3.63, 3.8) is 0 Å². The SMILES string of the molecule is CCC=CC[C@H]1CC[C@H](c2ccc(C(F)(F)Oc3cc(F)c(F)c(F)c3)cc2)CC1. The van der Waals surface area contributed by atoms with Gasteiger partial charge in [-0.15, -0.1) is 0 Å². The molecule has 0 saturated heterocycles. The number of hydrogen-bond donors (Lipinski definition) is 0. The first-order chi connectivity index (χ1) is 14.3. The van der Waals surface area contributed by atoms with Gasteiger partial charge in [0.2, 0.25) is 0 Å². The van der Waals surface area contributed by atoms with E-state index in [9.17, 15) is 22.0 Å². The smallest absolute Gasteiger partial charge is 0.426 e. The van der Waals surface area contributed by atoms with E-state index in [1.54, 1.807) is 12.1 Å². The van der Waals surface area contributed by atoms with E-state index in [0.717, 1.165) is 44.1 Å². The summed E-state index contributed by atoms with van der Waals surface area (Å²) in [6, 6.07) is 6.63. The third-order valence-corrected chi connectivity index (χ3v) is 5.64. The van der Waals surface area contributed by atoms with E-state index in [1.807, 2.05) is 0 Å². The molecule has 3 rings (SSSR count). The van der Waals surface area contributed by atoms with Crippen LogP contribution in [0.4, 0.5) is 22.0 Å². The van der Waals surface area contributed by atoms with E-state index >= 15 is 0 Å². The average Bonchev–Trinajstić information content (AvgIpc) is 2.72. The number of rotatable bonds is 7. The van der Waals surface area contributed by atoms with Crippen LogP contribution in [0.3, 0.4) is 0 Å². The Kier molecular flexibility index (Phi) is 7.16. The molecule has 0 atom stereocenters. The second kappa shape index (κ2) is 9.63. The fourth-order valence-electron chi connectivity index (χ4n) is 3.93. The van der Waals surface area contributed by atoms with Crippen molar-refractivity contribution in [3.8, 4) is 5.75 Å². The van der Waals surface area contributed by atoms with Crippen molar-refractivity contribution < 1.29 is 26.7 Å². The van der Waals surface area contributed by atoms with Crippen LogP contribution >= 0.6 is 0 Å². The molecular weight excluding hydrogens is 399 g/mol. The summed E-state index contributed by atoms with van der Waals surface area (Å²) in [5.74, 6) is -4.67. The quantitative estimate of drug-likeness (QED) is 0.250. The highest BCUT2D eigenvalue weighted by molar-refractivity contribution is 5.30. The highest BCUT2D eigenvalue weighted by Crippen LogP contribution is 2.39. The van der Waals surface area contributed by atoms with Gasteiger partial charge in [-0.1, -0.05) is 31.2 Å². The Morgan fingerprint density at radius 3 is 2.10 bits per heavy atom. The summed E-state index contributed by atoms with van der Waals surface area (Å²) in [5.41, 5.74) is 0.561. The van der Waals surface area contributed by atoms with E-state index in [2.05, 4.69) is 23.8 Å². The lowest BCUT2D eigenvalue weighted by molar-refractivity contribution is -0.185. The Morgan fingerprint density at radius 1 is 0.933 bits per heavy atom. The van der Waals surface area contributed by atoms with Gasteiger partial charge in [0.15, 0.2) is 17.5 Å². The summed E-state index contributed by atoms with van der Waals surface area (Å²) in [7, 11) is 0. The molecule has 6 heteroatoms. The highest BCUT2D eigenvalue weighted by Gasteiger charge is 2.35. The molecule has 1 aliphatic rings. The standard InChI is InChI=1S/C24H25F5O/c1-2-3-4-5-16-6-8-17(9-7-16)18-10-12-19(13-11-18)24(28,29)30-20-14-21(25)23(27)22(26)15-20/h3-4,10-17H,2,5-9H2,1H3/t16-,17-. The maximum Gasteiger partial charge on any atom is 0.426 e. The molecule has 2 aromatic carbocycles. The van der Waals surface area contributed by atoms with Crippen LogP contribution in [-0.4, -0.2) is 0 Å². The summed E-state index contributed by atoms with van der Waals surface area (Å²) >= 11 is 0. The van der Waals surface area contributed by atoms with Gasteiger partial charge in [-0.05, 0) is 68.1 Å². The van der Waals surface area contributed by atoms with Gasteiger partial charge in [-0.25, -0.2) is 13.2 Å². The van der Waals surface area contributed by atoms with Crippen LogP contribution in [0, 0.1) is 23.4 Å². The van der Waals surface area contributed by atoms with E-state index in [0.29, 0.717) is 24.0 Å². The van der Waals surface area contributed by atoms with Gasteiger partial charge in [0.25, 0.3) is 0 Å². The second-order valence-corrected chi connectivity index (χ2v) is 7.77. The Labute approximate surface area is 173 Å². The van der Waals surface area contributed by atoms with Gasteiger partial charge in [0, 0.05) is 12.1 Å². The summed E-state index contributed by atoms with van der Waals surface area (Å²) in [6.45, 7) is 2.11. The Hall–Kier alpha value is -2.37. The van der Waals surface area contributed by atoms with Gasteiger partial charge in [0.1, 0.15) is 5.75 Å². The number of allylic oxidation sites excluding steroid dienone is 2. The molecule has 2 aromatic rings. The molecule has 0 spiro atoms. The molecule has 1 aliphatic carbocycles. The van der Waals surface area contributed by atoms with Crippen molar-refractivity contribution in [1.29, 1.82) is 0 Å². The van der Waals surface area contributed by atoms with Crippen LogP contribution in [0.1, 0.15) is 62.5 Å². The average molecular weight is 424 g/mol. The molecule has 0 aliphatic heterocycles. The summed E-state index contributed by atoms with van der Waals surface area (Å²) in [6.07, 6.45) is 7.01. The third-order valence-electron chi connectivity index (χ3n) is 5.64. The zero-order valence-electron chi connectivity index (χ0n) is 16.8. The lowest BCUT2D eigenvalue weighted by Gasteiger charge is -2.28. The first kappa shape index (κ1) is 22.3. The molecule has 0 unspecified atom stereocenters. The number of hydrogen-bond acceptors (Lipinski definition) is 1. The van der Waals surface area contributed by atoms with Crippen molar-refractivity contribution in [2.75, 3.05) is 0 Å². The van der Waals surface area contributed by atoms with Crippen LogP contribution in [0.25, 0.3) is 0 Å². The highest BCUT2D eigenvalue weighted by atomic mass is 19.3. The van der Waals surface area contributed by atoms with E-state index in [4.69, 9.17) is 0 Å². The molecule has 0 radical (unpaired) electrons. The number of benzene rings is 2. The fourth-order valence-corrected chi connectivity index (χ4v) is 3.93. The van der Waals surface area contributed by atoms with Crippen molar-refractivity contribution >= 4 is 0 Å². The minimum Gasteiger partial charge on any atom is -0.429 e. The Morgan fingerprint density at radius 2 is 1.53 bits per heavy atom. The molecule has 1 nitrogen and oxygen atoms in total.